The Morgan fingerprint density at radius 1 is 1.16 bits per heavy atom. The Labute approximate surface area is 145 Å². The minimum Gasteiger partial charge on any atom is -0.494 e. The number of carbonyl (C=O) groups excluding carboxylic acids is 1. The first kappa shape index (κ1) is 16.7. The average molecular weight is 337 g/mol. The van der Waals surface area contributed by atoms with Gasteiger partial charge >= 0.3 is 0 Å². The molecule has 0 spiro atoms. The number of nitrogens with one attached hydrogen (secondary N) is 1. The van der Waals surface area contributed by atoms with Gasteiger partial charge in [0, 0.05) is 6.42 Å². The van der Waals surface area contributed by atoms with Gasteiger partial charge in [-0.25, -0.2) is 9.66 Å². The molecule has 0 atom stereocenters. The van der Waals surface area contributed by atoms with E-state index in [1.165, 1.54) is 11.8 Å². The molecule has 2 aromatic carbocycles. The molecule has 6 nitrogen and oxygen atoms in total. The fourth-order valence-corrected chi connectivity index (χ4v) is 2.69. The Bertz CT molecular complexity index is 965. The van der Waals surface area contributed by atoms with Gasteiger partial charge in [0.15, 0.2) is 0 Å². The number of aryl methyl sites for hydroxylation is 1. The third-order valence-corrected chi connectivity index (χ3v) is 3.91. The standard InChI is InChI=1S/C19H19N3O3/c1-3-16-20-18-14(10-7-11-15(18)25-2)19(24)22(16)21-17(23)12-13-8-5-4-6-9-13/h4-11H,3,12H2,1-2H3,(H,21,23). The van der Waals surface area contributed by atoms with E-state index in [-0.39, 0.29) is 17.9 Å². The van der Waals surface area contributed by atoms with E-state index in [4.69, 9.17) is 4.74 Å². The van der Waals surface area contributed by atoms with Gasteiger partial charge in [0.05, 0.1) is 18.9 Å². The van der Waals surface area contributed by atoms with E-state index in [0.717, 1.165) is 5.56 Å². The van der Waals surface area contributed by atoms with Crippen LogP contribution in [0.15, 0.2) is 53.3 Å². The van der Waals surface area contributed by atoms with Crippen molar-refractivity contribution in [2.45, 2.75) is 19.8 Å². The fourth-order valence-electron chi connectivity index (χ4n) is 2.69. The number of ether oxygens (including phenoxy) is 1. The van der Waals surface area contributed by atoms with Gasteiger partial charge in [-0.05, 0) is 17.7 Å². The highest BCUT2D eigenvalue weighted by Gasteiger charge is 2.15. The molecule has 0 fully saturated rings. The van der Waals surface area contributed by atoms with Crippen LogP contribution in [0.3, 0.4) is 0 Å². The van der Waals surface area contributed by atoms with Crippen molar-refractivity contribution in [3.63, 3.8) is 0 Å². The third kappa shape index (κ3) is 3.38. The molecule has 25 heavy (non-hydrogen) atoms. The van der Waals surface area contributed by atoms with Crippen molar-refractivity contribution >= 4 is 16.8 Å². The fraction of sp³-hybridized carbons (Fsp3) is 0.211. The zero-order valence-corrected chi connectivity index (χ0v) is 14.2. The average Bonchev–Trinajstić information content (AvgIpc) is 2.64. The first-order valence-corrected chi connectivity index (χ1v) is 8.06. The molecule has 0 aliphatic heterocycles. The number of para-hydroxylation sites is 1. The van der Waals surface area contributed by atoms with E-state index in [1.54, 1.807) is 18.2 Å². The largest absolute Gasteiger partial charge is 0.494 e. The number of benzene rings is 2. The summed E-state index contributed by atoms with van der Waals surface area (Å²) in [5, 5.41) is 0.400. The number of rotatable bonds is 5. The predicted octanol–water partition coefficient (Wildman–Crippen LogP) is 2.28. The van der Waals surface area contributed by atoms with Gasteiger partial charge in [-0.3, -0.25) is 15.0 Å². The summed E-state index contributed by atoms with van der Waals surface area (Å²) < 4.78 is 6.51. The number of hydrogen-bond donors (Lipinski definition) is 1. The minimum atomic E-state index is -0.317. The summed E-state index contributed by atoms with van der Waals surface area (Å²) in [4.78, 5) is 29.7. The number of methoxy groups -OCH3 is 1. The first-order chi connectivity index (χ1) is 12.1. The van der Waals surface area contributed by atoms with Gasteiger partial charge < -0.3 is 4.74 Å². The summed E-state index contributed by atoms with van der Waals surface area (Å²) in [6.45, 7) is 1.88. The summed E-state index contributed by atoms with van der Waals surface area (Å²) in [5.41, 5.74) is 3.73. The topological polar surface area (TPSA) is 73.2 Å². The second-order valence-electron chi connectivity index (χ2n) is 5.58. The molecular formula is C19H19N3O3. The molecular weight excluding hydrogens is 318 g/mol. The number of hydrogen-bond acceptors (Lipinski definition) is 4. The highest BCUT2D eigenvalue weighted by molar-refractivity contribution is 5.87. The molecule has 0 saturated carbocycles. The molecule has 0 aliphatic carbocycles. The Hall–Kier alpha value is -3.15. The van der Waals surface area contributed by atoms with Crippen molar-refractivity contribution in [2.75, 3.05) is 12.5 Å². The molecule has 128 valence electrons. The van der Waals surface area contributed by atoms with Crippen molar-refractivity contribution in [1.29, 1.82) is 0 Å². The number of fused-ring (bicyclic) bond motifs is 1. The lowest BCUT2D eigenvalue weighted by atomic mass is 10.1. The van der Waals surface area contributed by atoms with E-state index < -0.39 is 0 Å². The number of amides is 1. The smallest absolute Gasteiger partial charge is 0.280 e. The Balaban J connectivity index is 1.99. The molecule has 1 aromatic heterocycles. The highest BCUT2D eigenvalue weighted by atomic mass is 16.5. The molecule has 1 heterocycles. The number of nitrogens with zero attached hydrogens (tertiary/aromatic N) is 2. The number of aromatic nitrogens is 2. The van der Waals surface area contributed by atoms with Gasteiger partial charge in [0.1, 0.15) is 17.1 Å². The molecule has 0 radical (unpaired) electrons. The van der Waals surface area contributed by atoms with Crippen molar-refractivity contribution in [2.24, 2.45) is 0 Å². The van der Waals surface area contributed by atoms with Crippen LogP contribution in [0.25, 0.3) is 10.9 Å². The normalized spacial score (nSPS) is 10.6. The van der Waals surface area contributed by atoms with Crippen LogP contribution in [0.2, 0.25) is 0 Å². The van der Waals surface area contributed by atoms with E-state index >= 15 is 0 Å². The molecule has 0 bridgehead atoms. The highest BCUT2D eigenvalue weighted by Crippen LogP contribution is 2.21. The van der Waals surface area contributed by atoms with E-state index in [9.17, 15) is 9.59 Å². The summed E-state index contributed by atoms with van der Waals surface area (Å²) in [5.74, 6) is 0.738. The molecule has 3 rings (SSSR count). The Morgan fingerprint density at radius 3 is 2.60 bits per heavy atom. The molecule has 3 aromatic rings. The second kappa shape index (κ2) is 7.17. The van der Waals surface area contributed by atoms with Gasteiger partial charge in [-0.2, -0.15) is 0 Å². The summed E-state index contributed by atoms with van der Waals surface area (Å²) >= 11 is 0. The molecule has 1 N–H and O–H groups in total. The molecule has 0 saturated heterocycles. The van der Waals surface area contributed by atoms with Gasteiger partial charge in [-0.15, -0.1) is 0 Å². The molecule has 0 unspecified atom stereocenters. The van der Waals surface area contributed by atoms with Crippen LogP contribution in [-0.4, -0.2) is 22.7 Å². The maximum atomic E-state index is 12.8. The Kier molecular flexibility index (Phi) is 4.79. The SMILES string of the molecule is CCc1nc2c(OC)cccc2c(=O)n1NC(=O)Cc1ccccc1. The predicted molar refractivity (Wildman–Crippen MR) is 96.4 cm³/mol. The lowest BCUT2D eigenvalue weighted by Crippen LogP contribution is -2.37. The first-order valence-electron chi connectivity index (χ1n) is 8.06. The van der Waals surface area contributed by atoms with E-state index in [0.29, 0.717) is 28.9 Å². The monoisotopic (exact) mass is 337 g/mol. The van der Waals surface area contributed by atoms with Crippen molar-refractivity contribution in [3.8, 4) is 5.75 Å². The van der Waals surface area contributed by atoms with E-state index in [1.807, 2.05) is 37.3 Å². The molecule has 6 heteroatoms. The van der Waals surface area contributed by atoms with E-state index in [2.05, 4.69) is 10.4 Å². The van der Waals surface area contributed by atoms with Crippen molar-refractivity contribution in [1.82, 2.24) is 9.66 Å². The van der Waals surface area contributed by atoms with Crippen molar-refractivity contribution < 1.29 is 9.53 Å². The van der Waals surface area contributed by atoms with Crippen molar-refractivity contribution in [3.05, 3.63) is 70.3 Å². The van der Waals surface area contributed by atoms with Crippen LogP contribution < -0.4 is 15.7 Å². The van der Waals surface area contributed by atoms with Gasteiger partial charge in [0.25, 0.3) is 5.56 Å². The minimum absolute atomic E-state index is 0.187. The maximum Gasteiger partial charge on any atom is 0.280 e. The summed E-state index contributed by atoms with van der Waals surface area (Å²) in [6, 6.07) is 14.5. The second-order valence-corrected chi connectivity index (χ2v) is 5.58. The van der Waals surface area contributed by atoms with Crippen LogP contribution in [0.1, 0.15) is 18.3 Å². The van der Waals surface area contributed by atoms with Crippen LogP contribution in [-0.2, 0) is 17.6 Å². The van der Waals surface area contributed by atoms with Crippen LogP contribution in [0.4, 0.5) is 0 Å². The van der Waals surface area contributed by atoms with Gasteiger partial charge in [0.2, 0.25) is 5.91 Å². The lowest BCUT2D eigenvalue weighted by Gasteiger charge is -2.14. The third-order valence-electron chi connectivity index (χ3n) is 3.91. The Morgan fingerprint density at radius 2 is 1.92 bits per heavy atom. The molecule has 1 amide bonds. The maximum absolute atomic E-state index is 12.8. The van der Waals surface area contributed by atoms with Crippen LogP contribution >= 0.6 is 0 Å². The zero-order valence-electron chi connectivity index (χ0n) is 14.2. The summed E-state index contributed by atoms with van der Waals surface area (Å²) in [6.07, 6.45) is 0.682. The quantitative estimate of drug-likeness (QED) is 0.775. The lowest BCUT2D eigenvalue weighted by molar-refractivity contribution is -0.116. The summed E-state index contributed by atoms with van der Waals surface area (Å²) in [7, 11) is 1.54. The molecule has 0 aliphatic rings. The van der Waals surface area contributed by atoms with Crippen LogP contribution in [0, 0.1) is 0 Å². The van der Waals surface area contributed by atoms with Crippen LogP contribution in [0.5, 0.6) is 5.75 Å². The van der Waals surface area contributed by atoms with Gasteiger partial charge in [-0.1, -0.05) is 43.3 Å². The zero-order chi connectivity index (χ0) is 17.8. The number of carbonyl (C=O) groups is 1.